The second-order valence-corrected chi connectivity index (χ2v) is 4.37. The molecule has 0 saturated carbocycles. The van der Waals surface area contributed by atoms with Crippen molar-refractivity contribution < 1.29 is 4.74 Å². The van der Waals surface area contributed by atoms with Gasteiger partial charge in [0.1, 0.15) is 24.3 Å². The number of benzene rings is 1. The topological polar surface area (TPSA) is 62.9 Å². The van der Waals surface area contributed by atoms with E-state index >= 15 is 0 Å². The maximum atomic E-state index is 9.10. The molecule has 3 rings (SSSR count). The Morgan fingerprint density at radius 2 is 2.21 bits per heavy atom. The third-order valence-corrected chi connectivity index (χ3v) is 3.17. The molecule has 1 aromatic heterocycles. The van der Waals surface area contributed by atoms with Gasteiger partial charge in [-0.15, -0.1) is 0 Å². The molecular weight excluding hydrogens is 240 g/mol. The molecular formula is C14H14N4O. The van der Waals surface area contributed by atoms with Gasteiger partial charge in [-0.25, -0.2) is 4.98 Å². The second-order valence-electron chi connectivity index (χ2n) is 4.37. The molecule has 1 aliphatic rings. The number of fused-ring (bicyclic) bond motifs is 1. The molecule has 1 N–H and O–H groups in total. The van der Waals surface area contributed by atoms with Crippen molar-refractivity contribution in [1.82, 2.24) is 14.9 Å². The second kappa shape index (κ2) is 5.12. The van der Waals surface area contributed by atoms with Crippen molar-refractivity contribution in [2.24, 2.45) is 0 Å². The summed E-state index contributed by atoms with van der Waals surface area (Å²) in [5.41, 5.74) is 1.46. The van der Waals surface area contributed by atoms with Crippen LogP contribution in [0.25, 0.3) is 0 Å². The standard InChI is InChI=1S/C14H14N4O/c15-8-12-13-9-16-6-7-18(13)14(17-12)10-19-11-4-2-1-3-5-11/h1-5,16H,6-7,9-10H2. The molecule has 0 unspecified atom stereocenters. The first-order valence-corrected chi connectivity index (χ1v) is 6.25. The van der Waals surface area contributed by atoms with Crippen LogP contribution in [-0.2, 0) is 19.7 Å². The minimum absolute atomic E-state index is 0.388. The van der Waals surface area contributed by atoms with Crippen molar-refractivity contribution in [3.05, 3.63) is 47.5 Å². The van der Waals surface area contributed by atoms with Crippen LogP contribution in [0.15, 0.2) is 30.3 Å². The van der Waals surface area contributed by atoms with Gasteiger partial charge in [0.25, 0.3) is 0 Å². The molecule has 2 heterocycles. The van der Waals surface area contributed by atoms with E-state index in [1.165, 1.54) is 0 Å². The number of nitrogens with one attached hydrogen (secondary N) is 1. The van der Waals surface area contributed by atoms with Crippen LogP contribution >= 0.6 is 0 Å². The third kappa shape index (κ3) is 2.30. The van der Waals surface area contributed by atoms with Gasteiger partial charge >= 0.3 is 0 Å². The number of hydrogen-bond acceptors (Lipinski definition) is 4. The maximum absolute atomic E-state index is 9.10. The molecule has 0 amide bonds. The molecule has 19 heavy (non-hydrogen) atoms. The van der Waals surface area contributed by atoms with E-state index in [9.17, 15) is 0 Å². The normalized spacial score (nSPS) is 13.6. The maximum Gasteiger partial charge on any atom is 0.163 e. The lowest BCUT2D eigenvalue weighted by Crippen LogP contribution is -2.29. The zero-order chi connectivity index (χ0) is 13.1. The summed E-state index contributed by atoms with van der Waals surface area (Å²) < 4.78 is 7.78. The van der Waals surface area contributed by atoms with E-state index in [-0.39, 0.29) is 0 Å². The van der Waals surface area contributed by atoms with Gasteiger partial charge in [-0.2, -0.15) is 5.26 Å². The van der Waals surface area contributed by atoms with Crippen molar-refractivity contribution in [3.63, 3.8) is 0 Å². The molecule has 0 fully saturated rings. The number of hydrogen-bond donors (Lipinski definition) is 1. The van der Waals surface area contributed by atoms with Crippen molar-refractivity contribution >= 4 is 0 Å². The highest BCUT2D eigenvalue weighted by atomic mass is 16.5. The molecule has 0 bridgehead atoms. The number of aromatic nitrogens is 2. The highest BCUT2D eigenvalue weighted by Crippen LogP contribution is 2.17. The van der Waals surface area contributed by atoms with Crippen LogP contribution in [0.3, 0.4) is 0 Å². The minimum Gasteiger partial charge on any atom is -0.486 e. The summed E-state index contributed by atoms with van der Waals surface area (Å²) in [6.45, 7) is 2.81. The fourth-order valence-electron chi connectivity index (χ4n) is 2.24. The first-order chi connectivity index (χ1) is 9.38. The van der Waals surface area contributed by atoms with E-state index in [1.807, 2.05) is 30.3 Å². The fraction of sp³-hybridized carbons (Fsp3) is 0.286. The lowest BCUT2D eigenvalue weighted by molar-refractivity contribution is 0.286. The van der Waals surface area contributed by atoms with Gasteiger partial charge in [0.05, 0.1) is 5.69 Å². The predicted molar refractivity (Wildman–Crippen MR) is 69.4 cm³/mol. The minimum atomic E-state index is 0.388. The molecule has 1 aromatic carbocycles. The van der Waals surface area contributed by atoms with Crippen molar-refractivity contribution in [3.8, 4) is 11.8 Å². The summed E-state index contributed by atoms with van der Waals surface area (Å²) in [6, 6.07) is 11.8. The van der Waals surface area contributed by atoms with E-state index in [4.69, 9.17) is 10.00 Å². The number of ether oxygens (including phenoxy) is 1. The van der Waals surface area contributed by atoms with Gasteiger partial charge < -0.3 is 14.6 Å². The van der Waals surface area contributed by atoms with Gasteiger partial charge in [-0.3, -0.25) is 0 Å². The number of para-hydroxylation sites is 1. The smallest absolute Gasteiger partial charge is 0.163 e. The summed E-state index contributed by atoms with van der Waals surface area (Å²) in [5, 5.41) is 12.3. The Kier molecular flexibility index (Phi) is 3.17. The van der Waals surface area contributed by atoms with Crippen LogP contribution in [0.1, 0.15) is 17.2 Å². The summed E-state index contributed by atoms with van der Waals surface area (Å²) in [4.78, 5) is 4.36. The van der Waals surface area contributed by atoms with E-state index in [0.717, 1.165) is 30.4 Å². The van der Waals surface area contributed by atoms with Gasteiger partial charge in [-0.1, -0.05) is 18.2 Å². The molecule has 0 saturated heterocycles. The number of imidazole rings is 1. The van der Waals surface area contributed by atoms with Crippen LogP contribution in [-0.4, -0.2) is 16.1 Å². The third-order valence-electron chi connectivity index (χ3n) is 3.17. The largest absolute Gasteiger partial charge is 0.486 e. The zero-order valence-electron chi connectivity index (χ0n) is 10.5. The SMILES string of the molecule is N#Cc1nc(COc2ccccc2)n2c1CNCC2. The van der Waals surface area contributed by atoms with Gasteiger partial charge in [-0.05, 0) is 12.1 Å². The predicted octanol–water partition coefficient (Wildman–Crippen LogP) is 1.44. The Balaban J connectivity index is 1.82. The van der Waals surface area contributed by atoms with E-state index < -0.39 is 0 Å². The summed E-state index contributed by atoms with van der Waals surface area (Å²) in [5.74, 6) is 1.63. The Hall–Kier alpha value is -2.32. The highest BCUT2D eigenvalue weighted by Gasteiger charge is 2.19. The van der Waals surface area contributed by atoms with Crippen LogP contribution < -0.4 is 10.1 Å². The average Bonchev–Trinajstić information content (AvgIpc) is 2.84. The Morgan fingerprint density at radius 3 is 3.00 bits per heavy atom. The van der Waals surface area contributed by atoms with Gasteiger partial charge in [0, 0.05) is 19.6 Å². The van der Waals surface area contributed by atoms with E-state index in [1.54, 1.807) is 0 Å². The molecule has 0 spiro atoms. The number of nitrogens with zero attached hydrogens (tertiary/aromatic N) is 3. The van der Waals surface area contributed by atoms with Gasteiger partial charge in [0.2, 0.25) is 0 Å². The van der Waals surface area contributed by atoms with Gasteiger partial charge in [0.15, 0.2) is 5.69 Å². The Morgan fingerprint density at radius 1 is 1.37 bits per heavy atom. The van der Waals surface area contributed by atoms with Crippen molar-refractivity contribution in [2.45, 2.75) is 19.7 Å². The fourth-order valence-corrected chi connectivity index (χ4v) is 2.24. The van der Waals surface area contributed by atoms with E-state index in [0.29, 0.717) is 18.8 Å². The molecule has 96 valence electrons. The molecule has 5 nitrogen and oxygen atoms in total. The Bertz CT molecular complexity index is 612. The molecule has 1 aliphatic heterocycles. The number of rotatable bonds is 3. The summed E-state index contributed by atoms with van der Waals surface area (Å²) in [7, 11) is 0. The molecule has 2 aromatic rings. The molecule has 0 aliphatic carbocycles. The summed E-state index contributed by atoms with van der Waals surface area (Å²) >= 11 is 0. The van der Waals surface area contributed by atoms with Crippen molar-refractivity contribution in [1.29, 1.82) is 5.26 Å². The quantitative estimate of drug-likeness (QED) is 0.900. The highest BCUT2D eigenvalue weighted by molar-refractivity contribution is 5.30. The Labute approximate surface area is 111 Å². The zero-order valence-corrected chi connectivity index (χ0v) is 10.5. The average molecular weight is 254 g/mol. The summed E-state index contributed by atoms with van der Waals surface area (Å²) in [6.07, 6.45) is 0. The first-order valence-electron chi connectivity index (χ1n) is 6.25. The van der Waals surface area contributed by atoms with E-state index in [2.05, 4.69) is 20.9 Å². The lowest BCUT2D eigenvalue weighted by Gasteiger charge is -2.18. The van der Waals surface area contributed by atoms with Crippen LogP contribution in [0.2, 0.25) is 0 Å². The van der Waals surface area contributed by atoms with Crippen LogP contribution in [0.5, 0.6) is 5.75 Å². The van der Waals surface area contributed by atoms with Crippen LogP contribution in [0, 0.1) is 11.3 Å². The monoisotopic (exact) mass is 254 g/mol. The first kappa shape index (κ1) is 11.8. The molecule has 5 heteroatoms. The van der Waals surface area contributed by atoms with Crippen LogP contribution in [0.4, 0.5) is 0 Å². The number of nitriles is 1. The van der Waals surface area contributed by atoms with Crippen molar-refractivity contribution in [2.75, 3.05) is 6.54 Å². The lowest BCUT2D eigenvalue weighted by atomic mass is 10.3. The molecule has 0 radical (unpaired) electrons. The molecule has 0 atom stereocenters.